The van der Waals surface area contributed by atoms with E-state index in [0.29, 0.717) is 30.2 Å². The van der Waals surface area contributed by atoms with Gasteiger partial charge in [0.1, 0.15) is 34.7 Å². The Kier molecular flexibility index (Phi) is 7.88. The molecule has 1 amide bonds. The van der Waals surface area contributed by atoms with Gasteiger partial charge in [-0.1, -0.05) is 13.5 Å². The van der Waals surface area contributed by atoms with E-state index in [-0.39, 0.29) is 17.7 Å². The first-order valence-electron chi connectivity index (χ1n) is 10.8. The molecule has 0 unspecified atom stereocenters. The Balaban J connectivity index is 1.98. The first kappa shape index (κ1) is 25.2. The molecule has 1 fully saturated rings. The van der Waals surface area contributed by atoms with Crippen LogP contribution in [0.25, 0.3) is 11.3 Å². The Morgan fingerprint density at radius 2 is 1.79 bits per heavy atom. The summed E-state index contributed by atoms with van der Waals surface area (Å²) in [6, 6.07) is 2.75. The second-order valence-corrected chi connectivity index (χ2v) is 8.43. The maximum Gasteiger partial charge on any atom is 0.274 e. The predicted octanol–water partition coefficient (Wildman–Crippen LogP) is 4.71. The predicted molar refractivity (Wildman–Crippen MR) is 122 cm³/mol. The lowest BCUT2D eigenvalue weighted by atomic mass is 9.75. The first-order valence-corrected chi connectivity index (χ1v) is 10.8. The molecule has 5 nitrogen and oxygen atoms in total. The second kappa shape index (κ2) is 10.6. The summed E-state index contributed by atoms with van der Waals surface area (Å²) in [6.07, 6.45) is 6.89. The summed E-state index contributed by atoms with van der Waals surface area (Å²) in [5.74, 6) is -5.28. The van der Waals surface area contributed by atoms with Crippen LogP contribution in [0.15, 0.2) is 60.5 Å². The molecule has 0 saturated heterocycles. The molecule has 1 aromatic carbocycles. The van der Waals surface area contributed by atoms with Gasteiger partial charge in [0.2, 0.25) is 0 Å². The van der Waals surface area contributed by atoms with Gasteiger partial charge < -0.3 is 16.8 Å². The van der Waals surface area contributed by atoms with Crippen LogP contribution in [0, 0.1) is 35.1 Å². The fraction of sp³-hybridized carbons (Fsp3) is 0.280. The number of hydrogen-bond acceptors (Lipinski definition) is 4. The lowest BCUT2D eigenvalue weighted by Crippen LogP contribution is -2.34. The Morgan fingerprint density at radius 1 is 1.12 bits per heavy atom. The topological polar surface area (TPSA) is 94.0 Å². The van der Waals surface area contributed by atoms with E-state index in [1.807, 2.05) is 0 Å². The quantitative estimate of drug-likeness (QED) is 0.418. The molecule has 0 aliphatic heterocycles. The molecule has 1 saturated carbocycles. The smallest absolute Gasteiger partial charge is 0.274 e. The number of nitrogens with one attached hydrogen (secondary N) is 1. The summed E-state index contributed by atoms with van der Waals surface area (Å²) < 4.78 is 56.0. The van der Waals surface area contributed by atoms with Gasteiger partial charge in [0.15, 0.2) is 0 Å². The standard InChI is InChI=1S/C25H26F4N4O/c1-3-21(17(6-7-30)14-8-13(2)9-16(31)10-14)33-25(34)22-5-4-18(27)24(32-22)23-19(28)11-15(26)12-20(23)29/h3-7,11-14,16H,1,8-10,30-31H2,2H3,(H,33,34)/b7-6-,21-17-/t13-,14+,16-/m0/s1. The molecule has 1 aliphatic carbocycles. The summed E-state index contributed by atoms with van der Waals surface area (Å²) in [7, 11) is 0. The van der Waals surface area contributed by atoms with Crippen LogP contribution >= 0.6 is 0 Å². The number of allylic oxidation sites excluding steroid dienone is 3. The SMILES string of the molecule is C=C/C(NC(=O)c1ccc(F)c(-c2c(F)cc(F)cc2F)n1)=C(\C=C/N)[C@@H]1C[C@H](C)C[C@H](N)C1. The van der Waals surface area contributed by atoms with E-state index in [1.165, 1.54) is 12.3 Å². The molecule has 0 spiro atoms. The highest BCUT2D eigenvalue weighted by molar-refractivity contribution is 5.94. The van der Waals surface area contributed by atoms with Crippen molar-refractivity contribution in [3.8, 4) is 11.3 Å². The van der Waals surface area contributed by atoms with Gasteiger partial charge in [-0.2, -0.15) is 0 Å². The van der Waals surface area contributed by atoms with E-state index in [0.717, 1.165) is 30.5 Å². The normalized spacial score (nSPS) is 21.3. The number of nitrogens with two attached hydrogens (primary N) is 2. The maximum absolute atomic E-state index is 14.4. The molecule has 34 heavy (non-hydrogen) atoms. The van der Waals surface area contributed by atoms with E-state index < -0.39 is 40.4 Å². The van der Waals surface area contributed by atoms with E-state index in [2.05, 4.69) is 23.8 Å². The van der Waals surface area contributed by atoms with Crippen molar-refractivity contribution in [2.45, 2.75) is 32.2 Å². The molecule has 180 valence electrons. The Morgan fingerprint density at radius 3 is 2.38 bits per heavy atom. The van der Waals surface area contributed by atoms with E-state index in [4.69, 9.17) is 11.5 Å². The van der Waals surface area contributed by atoms with Crippen LogP contribution in [0.4, 0.5) is 17.6 Å². The van der Waals surface area contributed by atoms with Crippen LogP contribution in [-0.4, -0.2) is 16.9 Å². The molecule has 9 heteroatoms. The third-order valence-electron chi connectivity index (χ3n) is 5.78. The lowest BCUT2D eigenvalue weighted by Gasteiger charge is -2.33. The van der Waals surface area contributed by atoms with Crippen molar-refractivity contribution in [1.29, 1.82) is 0 Å². The summed E-state index contributed by atoms with van der Waals surface area (Å²) in [4.78, 5) is 16.8. The van der Waals surface area contributed by atoms with Crippen molar-refractivity contribution < 1.29 is 22.4 Å². The molecule has 3 atom stereocenters. The molecule has 1 aliphatic rings. The van der Waals surface area contributed by atoms with E-state index in [1.54, 1.807) is 6.08 Å². The van der Waals surface area contributed by atoms with Gasteiger partial charge in [0.25, 0.3) is 5.91 Å². The molecule has 2 aromatic rings. The van der Waals surface area contributed by atoms with Crippen molar-refractivity contribution in [2.75, 3.05) is 0 Å². The van der Waals surface area contributed by atoms with Crippen molar-refractivity contribution in [2.24, 2.45) is 23.3 Å². The van der Waals surface area contributed by atoms with E-state index in [9.17, 15) is 22.4 Å². The maximum atomic E-state index is 14.4. The molecule has 0 radical (unpaired) electrons. The molecule has 3 rings (SSSR count). The fourth-order valence-corrected chi connectivity index (χ4v) is 4.40. The highest BCUT2D eigenvalue weighted by atomic mass is 19.1. The summed E-state index contributed by atoms with van der Waals surface area (Å²) >= 11 is 0. The van der Waals surface area contributed by atoms with Crippen LogP contribution in [-0.2, 0) is 0 Å². The number of aromatic nitrogens is 1. The number of benzene rings is 1. The first-order chi connectivity index (χ1) is 16.1. The average molecular weight is 475 g/mol. The molecular weight excluding hydrogens is 448 g/mol. The van der Waals surface area contributed by atoms with Crippen molar-refractivity contribution in [3.63, 3.8) is 0 Å². The average Bonchev–Trinajstić information content (AvgIpc) is 2.75. The highest BCUT2D eigenvalue weighted by Crippen LogP contribution is 2.35. The van der Waals surface area contributed by atoms with Crippen LogP contribution in [0.1, 0.15) is 36.7 Å². The van der Waals surface area contributed by atoms with Crippen LogP contribution in [0.5, 0.6) is 0 Å². The third-order valence-corrected chi connectivity index (χ3v) is 5.78. The number of nitrogens with zero attached hydrogens (tertiary/aromatic N) is 1. The number of halogens is 4. The zero-order valence-corrected chi connectivity index (χ0v) is 18.6. The minimum atomic E-state index is -1.34. The number of carbonyl (C=O) groups is 1. The van der Waals surface area contributed by atoms with Gasteiger partial charge in [0.05, 0.1) is 5.56 Å². The zero-order valence-electron chi connectivity index (χ0n) is 18.6. The van der Waals surface area contributed by atoms with Crippen molar-refractivity contribution in [3.05, 3.63) is 89.4 Å². The van der Waals surface area contributed by atoms with Gasteiger partial charge in [0, 0.05) is 23.9 Å². The van der Waals surface area contributed by atoms with Gasteiger partial charge in [-0.25, -0.2) is 22.5 Å². The largest absolute Gasteiger partial charge is 0.405 e. The number of rotatable bonds is 6. The van der Waals surface area contributed by atoms with Crippen LogP contribution < -0.4 is 16.8 Å². The Hall–Kier alpha value is -3.46. The second-order valence-electron chi connectivity index (χ2n) is 8.43. The monoisotopic (exact) mass is 474 g/mol. The van der Waals surface area contributed by atoms with Crippen LogP contribution in [0.3, 0.4) is 0 Å². The molecule has 5 N–H and O–H groups in total. The Bertz CT molecular complexity index is 1130. The van der Waals surface area contributed by atoms with E-state index >= 15 is 0 Å². The molecule has 0 bridgehead atoms. The molecular formula is C25H26F4N4O. The highest BCUT2D eigenvalue weighted by Gasteiger charge is 2.28. The summed E-state index contributed by atoms with van der Waals surface area (Å²) in [5, 5.41) is 2.67. The molecule has 1 aromatic heterocycles. The number of amides is 1. The zero-order chi connectivity index (χ0) is 25.0. The lowest BCUT2D eigenvalue weighted by molar-refractivity contribution is 0.0961. The fourth-order valence-electron chi connectivity index (χ4n) is 4.40. The molecule has 1 heterocycles. The third kappa shape index (κ3) is 5.53. The number of hydrogen-bond donors (Lipinski definition) is 3. The number of pyridine rings is 1. The van der Waals surface area contributed by atoms with Crippen molar-refractivity contribution >= 4 is 5.91 Å². The minimum Gasteiger partial charge on any atom is -0.405 e. The summed E-state index contributed by atoms with van der Waals surface area (Å²) in [5.41, 5.74) is 11.0. The summed E-state index contributed by atoms with van der Waals surface area (Å²) in [6.45, 7) is 5.86. The van der Waals surface area contributed by atoms with Gasteiger partial charge >= 0.3 is 0 Å². The van der Waals surface area contributed by atoms with Crippen molar-refractivity contribution in [1.82, 2.24) is 10.3 Å². The number of carbonyl (C=O) groups excluding carboxylic acids is 1. The van der Waals surface area contributed by atoms with Gasteiger partial charge in [-0.15, -0.1) is 0 Å². The van der Waals surface area contributed by atoms with Crippen LogP contribution in [0.2, 0.25) is 0 Å². The van der Waals surface area contributed by atoms with Gasteiger partial charge in [-0.05, 0) is 67.2 Å². The Labute approximate surface area is 195 Å². The van der Waals surface area contributed by atoms with Gasteiger partial charge in [-0.3, -0.25) is 4.79 Å². The minimum absolute atomic E-state index is 0.00137.